The highest BCUT2D eigenvalue weighted by Gasteiger charge is 2.30. The van der Waals surface area contributed by atoms with E-state index in [1.165, 1.54) is 12.1 Å². The molecule has 6 heteroatoms. The van der Waals surface area contributed by atoms with Crippen molar-refractivity contribution < 1.29 is 22.8 Å². The van der Waals surface area contributed by atoms with Crippen LogP contribution in [0.25, 0.3) is 0 Å². The lowest BCUT2D eigenvalue weighted by molar-refractivity contribution is -0.137. The Balaban J connectivity index is 2.22. The minimum Gasteiger partial charge on any atom is -0.325 e. The van der Waals surface area contributed by atoms with Gasteiger partial charge < -0.3 is 5.32 Å². The largest absolute Gasteiger partial charge is 0.416 e. The van der Waals surface area contributed by atoms with Crippen LogP contribution >= 0.6 is 0 Å². The zero-order valence-corrected chi connectivity index (χ0v) is 15.3. The quantitative estimate of drug-likeness (QED) is 0.647. The average Bonchev–Trinajstić information content (AvgIpc) is 2.62. The zero-order valence-electron chi connectivity index (χ0n) is 15.3. The van der Waals surface area contributed by atoms with E-state index in [2.05, 4.69) is 5.32 Å². The van der Waals surface area contributed by atoms with Crippen molar-refractivity contribution in [3.05, 3.63) is 65.2 Å². The minimum atomic E-state index is -4.46. The fraction of sp³-hybridized carbons (Fsp3) is 0.333. The number of halogens is 3. The van der Waals surface area contributed by atoms with Gasteiger partial charge in [-0.15, -0.1) is 0 Å². The summed E-state index contributed by atoms with van der Waals surface area (Å²) in [5.74, 6) is -0.675. The van der Waals surface area contributed by atoms with Crippen LogP contribution in [0.1, 0.15) is 48.2 Å². The predicted molar refractivity (Wildman–Crippen MR) is 98.6 cm³/mol. The molecular weight excluding hydrogens is 355 g/mol. The molecule has 0 fully saturated rings. The molecule has 0 bridgehead atoms. The lowest BCUT2D eigenvalue weighted by atomic mass is 9.99. The number of rotatable bonds is 7. The maximum Gasteiger partial charge on any atom is 0.416 e. The summed E-state index contributed by atoms with van der Waals surface area (Å²) in [5, 5.41) is 2.78. The van der Waals surface area contributed by atoms with E-state index in [0.29, 0.717) is 18.5 Å². The third kappa shape index (κ3) is 5.42. The van der Waals surface area contributed by atoms with Gasteiger partial charge in [0.25, 0.3) is 0 Å². The molecule has 0 aliphatic carbocycles. The summed E-state index contributed by atoms with van der Waals surface area (Å²) in [6.07, 6.45) is -3.27. The molecular formula is C21H22F3NO2. The molecule has 27 heavy (non-hydrogen) atoms. The molecule has 0 unspecified atom stereocenters. The second-order valence-corrected chi connectivity index (χ2v) is 6.35. The Kier molecular flexibility index (Phi) is 6.77. The Labute approximate surface area is 156 Å². The highest BCUT2D eigenvalue weighted by Crippen LogP contribution is 2.30. The van der Waals surface area contributed by atoms with Gasteiger partial charge in [-0.1, -0.05) is 44.2 Å². The maximum absolute atomic E-state index is 12.8. The molecule has 0 aliphatic rings. The van der Waals surface area contributed by atoms with E-state index in [1.807, 2.05) is 13.8 Å². The minimum absolute atomic E-state index is 0.156. The first-order chi connectivity index (χ1) is 12.8. The second-order valence-electron chi connectivity index (χ2n) is 6.35. The number of carbonyl (C=O) groups is 2. The molecule has 3 nitrogen and oxygen atoms in total. The lowest BCUT2D eigenvalue weighted by Crippen LogP contribution is -2.23. The molecule has 1 N–H and O–H groups in total. The van der Waals surface area contributed by atoms with Crippen molar-refractivity contribution in [1.29, 1.82) is 0 Å². The van der Waals surface area contributed by atoms with Gasteiger partial charge in [-0.25, -0.2) is 0 Å². The fourth-order valence-corrected chi connectivity index (χ4v) is 2.87. The molecule has 0 radical (unpaired) electrons. The van der Waals surface area contributed by atoms with Gasteiger partial charge in [0.05, 0.1) is 11.3 Å². The molecule has 2 aromatic rings. The predicted octanol–water partition coefficient (Wildman–Crippen LogP) is 5.51. The van der Waals surface area contributed by atoms with Gasteiger partial charge in [0.15, 0.2) is 5.78 Å². The monoisotopic (exact) mass is 377 g/mol. The summed E-state index contributed by atoms with van der Waals surface area (Å²) in [7, 11) is 0. The van der Waals surface area contributed by atoms with Crippen molar-refractivity contribution in [3.8, 4) is 0 Å². The van der Waals surface area contributed by atoms with Crippen LogP contribution in [0.15, 0.2) is 48.5 Å². The number of amides is 1. The highest BCUT2D eigenvalue weighted by molar-refractivity contribution is 6.06. The standard InChI is InChI=1S/C21H22F3NO2/c1-3-15(4-2)20(27)25-18-11-6-5-10-17(18)19(26)13-14-8-7-9-16(12-14)21(22,23)24/h5-12,15H,3-4,13H2,1-2H3,(H,25,27). The van der Waals surface area contributed by atoms with E-state index in [4.69, 9.17) is 0 Å². The maximum atomic E-state index is 12.8. The molecule has 0 aromatic heterocycles. The van der Waals surface area contributed by atoms with Crippen molar-refractivity contribution in [2.24, 2.45) is 5.92 Å². The Morgan fingerprint density at radius 1 is 1.00 bits per heavy atom. The zero-order chi connectivity index (χ0) is 20.0. The molecule has 0 spiro atoms. The van der Waals surface area contributed by atoms with Crippen LogP contribution in [-0.2, 0) is 17.4 Å². The third-order valence-electron chi connectivity index (χ3n) is 4.46. The summed E-state index contributed by atoms with van der Waals surface area (Å²) >= 11 is 0. The molecule has 0 aliphatic heterocycles. The van der Waals surface area contributed by atoms with Crippen LogP contribution in [-0.4, -0.2) is 11.7 Å². The van der Waals surface area contributed by atoms with Gasteiger partial charge in [-0.2, -0.15) is 13.2 Å². The summed E-state index contributed by atoms with van der Waals surface area (Å²) in [5.41, 5.74) is 0.152. The number of para-hydroxylation sites is 1. The van der Waals surface area contributed by atoms with E-state index in [9.17, 15) is 22.8 Å². The third-order valence-corrected chi connectivity index (χ3v) is 4.46. The highest BCUT2D eigenvalue weighted by atomic mass is 19.4. The van der Waals surface area contributed by atoms with Crippen LogP contribution in [0.4, 0.5) is 18.9 Å². The van der Waals surface area contributed by atoms with Crippen LogP contribution in [0, 0.1) is 5.92 Å². The molecule has 2 aromatic carbocycles. The summed E-state index contributed by atoms with van der Waals surface area (Å²) in [4.78, 5) is 25.0. The average molecular weight is 377 g/mol. The molecule has 0 saturated carbocycles. The Morgan fingerprint density at radius 2 is 1.67 bits per heavy atom. The van der Waals surface area contributed by atoms with E-state index >= 15 is 0 Å². The smallest absolute Gasteiger partial charge is 0.325 e. The topological polar surface area (TPSA) is 46.2 Å². The second kappa shape index (κ2) is 8.84. The van der Waals surface area contributed by atoms with Crippen molar-refractivity contribution in [3.63, 3.8) is 0 Å². The first kappa shape index (κ1) is 20.7. The Morgan fingerprint density at radius 3 is 2.30 bits per heavy atom. The van der Waals surface area contributed by atoms with Gasteiger partial charge in [0, 0.05) is 17.9 Å². The molecule has 1 amide bonds. The van der Waals surface area contributed by atoms with Crippen LogP contribution in [0.5, 0.6) is 0 Å². The summed E-state index contributed by atoms with van der Waals surface area (Å²) in [6, 6.07) is 11.3. The lowest BCUT2D eigenvalue weighted by Gasteiger charge is -2.15. The molecule has 0 saturated heterocycles. The van der Waals surface area contributed by atoms with Crippen LogP contribution < -0.4 is 5.32 Å². The summed E-state index contributed by atoms with van der Waals surface area (Å²) < 4.78 is 38.5. The van der Waals surface area contributed by atoms with Crippen molar-refractivity contribution >= 4 is 17.4 Å². The molecule has 2 rings (SSSR count). The molecule has 144 valence electrons. The van der Waals surface area contributed by atoms with Gasteiger partial charge in [0.1, 0.15) is 0 Å². The number of hydrogen-bond donors (Lipinski definition) is 1. The number of ketones is 1. The number of carbonyl (C=O) groups excluding carboxylic acids is 2. The van der Waals surface area contributed by atoms with Gasteiger partial charge in [0.2, 0.25) is 5.91 Å². The first-order valence-electron chi connectivity index (χ1n) is 8.85. The summed E-state index contributed by atoms with van der Waals surface area (Å²) in [6.45, 7) is 3.83. The van der Waals surface area contributed by atoms with Gasteiger partial charge in [-0.3, -0.25) is 9.59 Å². The van der Waals surface area contributed by atoms with Gasteiger partial charge in [-0.05, 0) is 36.6 Å². The Bertz CT molecular complexity index is 811. The number of benzene rings is 2. The van der Waals surface area contributed by atoms with Crippen molar-refractivity contribution in [2.75, 3.05) is 5.32 Å². The number of alkyl halides is 3. The van der Waals surface area contributed by atoms with E-state index in [1.54, 1.807) is 24.3 Å². The van der Waals surface area contributed by atoms with Crippen LogP contribution in [0.3, 0.4) is 0 Å². The number of anilines is 1. The van der Waals surface area contributed by atoms with Crippen molar-refractivity contribution in [2.45, 2.75) is 39.3 Å². The number of nitrogens with one attached hydrogen (secondary N) is 1. The molecule has 0 atom stereocenters. The molecule has 0 heterocycles. The number of hydrogen-bond acceptors (Lipinski definition) is 2. The Hall–Kier alpha value is -2.63. The normalized spacial score (nSPS) is 11.5. The van der Waals surface area contributed by atoms with Crippen molar-refractivity contribution in [1.82, 2.24) is 0 Å². The first-order valence-corrected chi connectivity index (χ1v) is 8.85. The fourth-order valence-electron chi connectivity index (χ4n) is 2.87. The van der Waals surface area contributed by atoms with Gasteiger partial charge >= 0.3 is 6.18 Å². The van der Waals surface area contributed by atoms with E-state index in [0.717, 1.165) is 12.1 Å². The number of Topliss-reactive ketones (excluding diaryl/α,β-unsaturated/α-hetero) is 1. The van der Waals surface area contributed by atoms with E-state index < -0.39 is 11.7 Å². The van der Waals surface area contributed by atoms with E-state index in [-0.39, 0.29) is 35.2 Å². The van der Waals surface area contributed by atoms with Crippen LogP contribution in [0.2, 0.25) is 0 Å². The SMILES string of the molecule is CCC(CC)C(=O)Nc1ccccc1C(=O)Cc1cccc(C(F)(F)F)c1.